The van der Waals surface area contributed by atoms with Crippen LogP contribution in [0.5, 0.6) is 0 Å². The molecule has 29 heavy (non-hydrogen) atoms. The van der Waals surface area contributed by atoms with Crippen molar-refractivity contribution in [2.45, 2.75) is 13.5 Å². The standard InChI is InChI=1S/C19H25N5O4S/c1-14-2-4-15(5-3-14)21-18(26)19-23-22-17(29-19)13-28-12-16(25)20-6-7-24-8-10-27-11-9-24/h2-5H,6-13H2,1H3,(H,20,25)(H,21,26). The van der Waals surface area contributed by atoms with Gasteiger partial charge in [0.05, 0.1) is 13.2 Å². The number of nitrogens with one attached hydrogen (secondary N) is 2. The van der Waals surface area contributed by atoms with E-state index >= 15 is 0 Å². The molecule has 1 aromatic carbocycles. The lowest BCUT2D eigenvalue weighted by atomic mass is 10.2. The third-order valence-corrected chi connectivity index (χ3v) is 5.18. The van der Waals surface area contributed by atoms with Crippen LogP contribution in [-0.4, -0.2) is 72.9 Å². The lowest BCUT2D eigenvalue weighted by Gasteiger charge is -2.26. The van der Waals surface area contributed by atoms with E-state index in [9.17, 15) is 9.59 Å². The second kappa shape index (κ2) is 11.0. The minimum atomic E-state index is -0.321. The minimum Gasteiger partial charge on any atom is -0.379 e. The van der Waals surface area contributed by atoms with E-state index in [2.05, 4.69) is 25.7 Å². The lowest BCUT2D eigenvalue weighted by Crippen LogP contribution is -2.41. The summed E-state index contributed by atoms with van der Waals surface area (Å²) in [6, 6.07) is 7.49. The molecule has 0 saturated carbocycles. The number of nitrogens with zero attached hydrogens (tertiary/aromatic N) is 3. The predicted octanol–water partition coefficient (Wildman–Crippen LogP) is 1.06. The molecule has 3 rings (SSSR count). The number of morpholine rings is 1. The molecule has 2 aromatic rings. The van der Waals surface area contributed by atoms with Crippen molar-refractivity contribution in [3.8, 4) is 0 Å². The number of hydrogen-bond donors (Lipinski definition) is 2. The zero-order chi connectivity index (χ0) is 20.5. The molecule has 10 heteroatoms. The zero-order valence-corrected chi connectivity index (χ0v) is 17.2. The molecule has 0 aliphatic carbocycles. The topological polar surface area (TPSA) is 106 Å². The summed E-state index contributed by atoms with van der Waals surface area (Å²) in [5, 5.41) is 14.2. The van der Waals surface area contributed by atoms with E-state index in [0.29, 0.717) is 17.2 Å². The van der Waals surface area contributed by atoms with Gasteiger partial charge in [0.2, 0.25) is 10.9 Å². The predicted molar refractivity (Wildman–Crippen MR) is 109 cm³/mol. The zero-order valence-electron chi connectivity index (χ0n) is 16.3. The second-order valence-electron chi connectivity index (χ2n) is 6.62. The Balaban J connectivity index is 1.33. The van der Waals surface area contributed by atoms with Crippen molar-refractivity contribution in [1.82, 2.24) is 20.4 Å². The fourth-order valence-corrected chi connectivity index (χ4v) is 3.36. The average molecular weight is 420 g/mol. The van der Waals surface area contributed by atoms with Crippen LogP contribution in [0, 0.1) is 6.92 Å². The smallest absolute Gasteiger partial charge is 0.286 e. The van der Waals surface area contributed by atoms with Crippen molar-refractivity contribution in [2.75, 3.05) is 51.3 Å². The van der Waals surface area contributed by atoms with E-state index in [1.165, 1.54) is 0 Å². The summed E-state index contributed by atoms with van der Waals surface area (Å²) in [5.74, 6) is -0.501. The number of anilines is 1. The van der Waals surface area contributed by atoms with Crippen molar-refractivity contribution < 1.29 is 19.1 Å². The van der Waals surface area contributed by atoms with Crippen LogP contribution in [0.25, 0.3) is 0 Å². The highest BCUT2D eigenvalue weighted by Gasteiger charge is 2.14. The van der Waals surface area contributed by atoms with Gasteiger partial charge in [-0.1, -0.05) is 29.0 Å². The van der Waals surface area contributed by atoms with Crippen LogP contribution >= 0.6 is 11.3 Å². The van der Waals surface area contributed by atoms with Gasteiger partial charge in [0, 0.05) is 31.9 Å². The molecule has 0 bridgehead atoms. The average Bonchev–Trinajstić information content (AvgIpc) is 3.20. The summed E-state index contributed by atoms with van der Waals surface area (Å²) in [4.78, 5) is 26.3. The molecule has 9 nitrogen and oxygen atoms in total. The number of aryl methyl sites for hydroxylation is 1. The van der Waals surface area contributed by atoms with Gasteiger partial charge in [0.15, 0.2) is 0 Å². The first-order chi connectivity index (χ1) is 14.1. The Kier molecular flexibility index (Phi) is 8.05. The Morgan fingerprint density at radius 3 is 2.72 bits per heavy atom. The van der Waals surface area contributed by atoms with Crippen molar-refractivity contribution in [1.29, 1.82) is 0 Å². The van der Waals surface area contributed by atoms with Crippen molar-refractivity contribution >= 4 is 28.8 Å². The molecule has 0 radical (unpaired) electrons. The molecule has 1 aliphatic rings. The Labute approximate surface area is 173 Å². The van der Waals surface area contributed by atoms with Crippen molar-refractivity contribution in [3.05, 3.63) is 39.8 Å². The van der Waals surface area contributed by atoms with Gasteiger partial charge in [0.1, 0.15) is 18.2 Å². The first-order valence-electron chi connectivity index (χ1n) is 9.45. The van der Waals surface area contributed by atoms with Crippen LogP contribution in [-0.2, 0) is 20.9 Å². The van der Waals surface area contributed by atoms with Gasteiger partial charge < -0.3 is 20.1 Å². The van der Waals surface area contributed by atoms with E-state index in [1.54, 1.807) is 0 Å². The molecule has 2 N–H and O–H groups in total. The number of carbonyl (C=O) groups excluding carboxylic acids is 2. The molecule has 0 atom stereocenters. The first kappa shape index (κ1) is 21.3. The summed E-state index contributed by atoms with van der Waals surface area (Å²) in [5.41, 5.74) is 1.81. The Morgan fingerprint density at radius 2 is 1.97 bits per heavy atom. The summed E-state index contributed by atoms with van der Waals surface area (Å²) in [6.45, 7) is 6.68. The summed E-state index contributed by atoms with van der Waals surface area (Å²) < 4.78 is 10.7. The highest BCUT2D eigenvalue weighted by molar-refractivity contribution is 7.13. The molecule has 2 heterocycles. The first-order valence-corrected chi connectivity index (χ1v) is 10.3. The fraction of sp³-hybridized carbons (Fsp3) is 0.474. The number of hydrogen-bond acceptors (Lipinski definition) is 8. The molecule has 1 aromatic heterocycles. The van der Waals surface area contributed by atoms with Crippen LogP contribution in [0.1, 0.15) is 20.4 Å². The van der Waals surface area contributed by atoms with Crippen LogP contribution in [0.4, 0.5) is 5.69 Å². The molecular weight excluding hydrogens is 394 g/mol. The SMILES string of the molecule is Cc1ccc(NC(=O)c2nnc(COCC(=O)NCCN3CCOCC3)s2)cc1. The molecule has 0 spiro atoms. The number of aromatic nitrogens is 2. The van der Waals surface area contributed by atoms with Crippen LogP contribution < -0.4 is 10.6 Å². The lowest BCUT2D eigenvalue weighted by molar-refractivity contribution is -0.126. The van der Waals surface area contributed by atoms with E-state index in [4.69, 9.17) is 9.47 Å². The highest BCUT2D eigenvalue weighted by Crippen LogP contribution is 2.14. The van der Waals surface area contributed by atoms with Gasteiger partial charge in [-0.15, -0.1) is 10.2 Å². The Bertz CT molecular complexity index is 805. The van der Waals surface area contributed by atoms with Crippen molar-refractivity contribution in [2.24, 2.45) is 0 Å². The minimum absolute atomic E-state index is 0.0619. The molecule has 1 aliphatic heterocycles. The van der Waals surface area contributed by atoms with E-state index in [1.807, 2.05) is 31.2 Å². The van der Waals surface area contributed by atoms with Gasteiger partial charge in [-0.05, 0) is 19.1 Å². The number of carbonyl (C=O) groups is 2. The van der Waals surface area contributed by atoms with E-state index < -0.39 is 0 Å². The molecule has 1 saturated heterocycles. The second-order valence-corrected chi connectivity index (χ2v) is 7.68. The quantitative estimate of drug-likeness (QED) is 0.626. The summed E-state index contributed by atoms with van der Waals surface area (Å²) in [6.07, 6.45) is 0. The number of ether oxygens (including phenoxy) is 2. The van der Waals surface area contributed by atoms with Gasteiger partial charge in [0.25, 0.3) is 5.91 Å². The van der Waals surface area contributed by atoms with Gasteiger partial charge in [-0.25, -0.2) is 0 Å². The largest absolute Gasteiger partial charge is 0.379 e. The molecule has 0 unspecified atom stereocenters. The molecule has 2 amide bonds. The third-order valence-electron chi connectivity index (χ3n) is 4.28. The monoisotopic (exact) mass is 419 g/mol. The number of benzene rings is 1. The van der Waals surface area contributed by atoms with Gasteiger partial charge in [-0.2, -0.15) is 0 Å². The molecular formula is C19H25N5O4S. The van der Waals surface area contributed by atoms with Gasteiger partial charge >= 0.3 is 0 Å². The maximum Gasteiger partial charge on any atom is 0.286 e. The fourth-order valence-electron chi connectivity index (χ4n) is 2.69. The maximum atomic E-state index is 12.2. The van der Waals surface area contributed by atoms with Crippen LogP contribution in [0.15, 0.2) is 24.3 Å². The van der Waals surface area contributed by atoms with Crippen LogP contribution in [0.3, 0.4) is 0 Å². The van der Waals surface area contributed by atoms with E-state index in [-0.39, 0.29) is 30.0 Å². The Morgan fingerprint density at radius 1 is 1.21 bits per heavy atom. The summed E-state index contributed by atoms with van der Waals surface area (Å²) >= 11 is 1.14. The Hall–Kier alpha value is -2.40. The van der Waals surface area contributed by atoms with E-state index in [0.717, 1.165) is 49.7 Å². The van der Waals surface area contributed by atoms with Gasteiger partial charge in [-0.3, -0.25) is 14.5 Å². The maximum absolute atomic E-state index is 12.2. The number of amides is 2. The summed E-state index contributed by atoms with van der Waals surface area (Å²) in [7, 11) is 0. The third kappa shape index (κ3) is 7.17. The van der Waals surface area contributed by atoms with Crippen molar-refractivity contribution in [3.63, 3.8) is 0 Å². The highest BCUT2D eigenvalue weighted by atomic mass is 32.1. The normalized spacial score (nSPS) is 14.5. The molecule has 1 fully saturated rings. The van der Waals surface area contributed by atoms with Crippen LogP contribution in [0.2, 0.25) is 0 Å². The molecule has 156 valence electrons. The number of rotatable bonds is 9.